The second kappa shape index (κ2) is 3.58. The van der Waals surface area contributed by atoms with E-state index in [1.807, 2.05) is 7.05 Å². The van der Waals surface area contributed by atoms with E-state index in [0.29, 0.717) is 0 Å². The van der Waals surface area contributed by atoms with Gasteiger partial charge in [0.25, 0.3) is 5.35 Å². The fourth-order valence-corrected chi connectivity index (χ4v) is 0.795. The first-order chi connectivity index (χ1) is 4.83. The van der Waals surface area contributed by atoms with Crippen LogP contribution in [0.15, 0.2) is 10.6 Å². The van der Waals surface area contributed by atoms with E-state index in [9.17, 15) is 0 Å². The predicted molar refractivity (Wildman–Crippen MR) is 39.1 cm³/mol. The molecule has 0 saturated carbocycles. The number of nitrogens with one attached hydrogen (secondary N) is 1. The van der Waals surface area contributed by atoms with Gasteiger partial charge in [-0.15, -0.1) is 0 Å². The zero-order valence-corrected chi connectivity index (χ0v) is 6.48. The summed E-state index contributed by atoms with van der Waals surface area (Å²) in [6.07, 6.45) is 2.47. The van der Waals surface area contributed by atoms with E-state index >= 15 is 0 Å². The van der Waals surface area contributed by atoms with Crippen molar-refractivity contribution in [3.63, 3.8) is 0 Å². The second-order valence-electron chi connectivity index (χ2n) is 1.93. The number of rotatable bonds is 3. The molecule has 4 heteroatoms. The van der Waals surface area contributed by atoms with Gasteiger partial charge < -0.3 is 9.73 Å². The third-order valence-corrected chi connectivity index (χ3v) is 1.32. The molecule has 1 aromatic rings. The highest BCUT2D eigenvalue weighted by atomic mass is 35.5. The van der Waals surface area contributed by atoms with Crippen LogP contribution in [0.3, 0.4) is 0 Å². The summed E-state index contributed by atoms with van der Waals surface area (Å²) in [5.41, 5.74) is 0. The molecule has 0 aliphatic heterocycles. The number of oxazole rings is 1. The Kier molecular flexibility index (Phi) is 2.71. The zero-order valence-electron chi connectivity index (χ0n) is 5.72. The predicted octanol–water partition coefficient (Wildman–Crippen LogP) is 1.09. The molecule has 0 aliphatic rings. The van der Waals surface area contributed by atoms with Gasteiger partial charge in [0.05, 0.1) is 6.20 Å². The van der Waals surface area contributed by atoms with Crippen molar-refractivity contribution in [1.82, 2.24) is 10.3 Å². The van der Waals surface area contributed by atoms with Crippen LogP contribution in [0.2, 0.25) is 5.35 Å². The topological polar surface area (TPSA) is 38.1 Å². The van der Waals surface area contributed by atoms with Crippen LogP contribution >= 0.6 is 11.6 Å². The van der Waals surface area contributed by atoms with Crippen LogP contribution < -0.4 is 5.32 Å². The van der Waals surface area contributed by atoms with Crippen LogP contribution in [0.25, 0.3) is 0 Å². The van der Waals surface area contributed by atoms with Crippen LogP contribution in [-0.2, 0) is 6.42 Å². The molecule has 0 atom stereocenters. The summed E-state index contributed by atoms with van der Waals surface area (Å²) in [5, 5.41) is 3.21. The monoisotopic (exact) mass is 160 g/mol. The van der Waals surface area contributed by atoms with E-state index in [-0.39, 0.29) is 5.35 Å². The quantitative estimate of drug-likeness (QED) is 0.720. The molecule has 0 aromatic carbocycles. The fourth-order valence-electron chi connectivity index (χ4n) is 0.647. The Labute approximate surface area is 64.4 Å². The van der Waals surface area contributed by atoms with Crippen molar-refractivity contribution in [2.45, 2.75) is 6.42 Å². The van der Waals surface area contributed by atoms with Gasteiger partial charge in [-0.2, -0.15) is 0 Å². The number of hydrogen-bond donors (Lipinski definition) is 1. The number of nitrogens with zero attached hydrogens (tertiary/aromatic N) is 1. The third-order valence-electron chi connectivity index (χ3n) is 1.15. The van der Waals surface area contributed by atoms with Crippen molar-refractivity contribution in [2.75, 3.05) is 13.6 Å². The lowest BCUT2D eigenvalue weighted by atomic mass is 10.3. The average Bonchev–Trinajstić information content (AvgIpc) is 2.31. The summed E-state index contributed by atoms with van der Waals surface area (Å²) in [4.78, 5) is 3.74. The Balaban J connectivity index is 2.42. The molecule has 1 N–H and O–H groups in total. The summed E-state index contributed by atoms with van der Waals surface area (Å²) in [5.74, 6) is 0.819. The summed E-state index contributed by atoms with van der Waals surface area (Å²) in [6, 6.07) is 0. The standard InChI is InChI=1S/C6H9ClN2O/c1-8-3-2-5-4-9-6(7)10-5/h4,8H,2-3H2,1H3. The lowest BCUT2D eigenvalue weighted by molar-refractivity contribution is 0.501. The van der Waals surface area contributed by atoms with Gasteiger partial charge >= 0.3 is 0 Å². The van der Waals surface area contributed by atoms with Gasteiger partial charge in [-0.3, -0.25) is 0 Å². The van der Waals surface area contributed by atoms with Crippen LogP contribution in [0.1, 0.15) is 5.76 Å². The molecule has 10 heavy (non-hydrogen) atoms. The molecule has 0 saturated heterocycles. The molecular formula is C6H9ClN2O. The second-order valence-corrected chi connectivity index (χ2v) is 2.26. The Morgan fingerprint density at radius 1 is 1.80 bits per heavy atom. The Hall–Kier alpha value is -0.540. The molecular weight excluding hydrogens is 152 g/mol. The minimum absolute atomic E-state index is 0.214. The number of hydrogen-bond acceptors (Lipinski definition) is 3. The summed E-state index contributed by atoms with van der Waals surface area (Å²) in [6.45, 7) is 0.880. The number of likely N-dealkylation sites (N-methyl/N-ethyl adjacent to an activating group) is 1. The van der Waals surface area contributed by atoms with Gasteiger partial charge in [-0.05, 0) is 18.6 Å². The molecule has 1 heterocycles. The SMILES string of the molecule is CNCCc1cnc(Cl)o1. The van der Waals surface area contributed by atoms with Crippen molar-refractivity contribution in [3.05, 3.63) is 17.3 Å². The first-order valence-corrected chi connectivity index (χ1v) is 3.45. The minimum Gasteiger partial charge on any atom is -0.433 e. The van der Waals surface area contributed by atoms with Gasteiger partial charge in [-0.1, -0.05) is 0 Å². The maximum absolute atomic E-state index is 5.44. The summed E-state index contributed by atoms with van der Waals surface area (Å²) in [7, 11) is 1.89. The minimum atomic E-state index is 0.214. The molecule has 0 bridgehead atoms. The maximum atomic E-state index is 5.44. The van der Waals surface area contributed by atoms with Crippen molar-refractivity contribution in [2.24, 2.45) is 0 Å². The Morgan fingerprint density at radius 2 is 2.60 bits per heavy atom. The van der Waals surface area contributed by atoms with Crippen LogP contribution in [0, 0.1) is 0 Å². The zero-order chi connectivity index (χ0) is 7.40. The maximum Gasteiger partial charge on any atom is 0.292 e. The first kappa shape index (κ1) is 7.57. The molecule has 0 spiro atoms. The third kappa shape index (κ3) is 2.01. The van der Waals surface area contributed by atoms with E-state index in [0.717, 1.165) is 18.7 Å². The molecule has 0 radical (unpaired) electrons. The Bertz CT molecular complexity index is 199. The first-order valence-electron chi connectivity index (χ1n) is 3.07. The smallest absolute Gasteiger partial charge is 0.292 e. The lowest BCUT2D eigenvalue weighted by Crippen LogP contribution is -2.09. The van der Waals surface area contributed by atoms with E-state index < -0.39 is 0 Å². The summed E-state index contributed by atoms with van der Waals surface area (Å²) < 4.78 is 5.00. The van der Waals surface area contributed by atoms with Crippen LogP contribution in [-0.4, -0.2) is 18.6 Å². The van der Waals surface area contributed by atoms with Crippen molar-refractivity contribution >= 4 is 11.6 Å². The largest absolute Gasteiger partial charge is 0.433 e. The van der Waals surface area contributed by atoms with Crippen molar-refractivity contribution in [1.29, 1.82) is 0 Å². The van der Waals surface area contributed by atoms with Crippen molar-refractivity contribution in [3.8, 4) is 0 Å². The van der Waals surface area contributed by atoms with Crippen LogP contribution in [0.4, 0.5) is 0 Å². The number of halogens is 1. The highest BCUT2D eigenvalue weighted by Crippen LogP contribution is 2.08. The van der Waals surface area contributed by atoms with Gasteiger partial charge in [0.15, 0.2) is 0 Å². The van der Waals surface area contributed by atoms with Gasteiger partial charge in [-0.25, -0.2) is 4.98 Å². The molecule has 56 valence electrons. The van der Waals surface area contributed by atoms with Crippen LogP contribution in [0.5, 0.6) is 0 Å². The fraction of sp³-hybridized carbons (Fsp3) is 0.500. The molecule has 0 amide bonds. The molecule has 1 rings (SSSR count). The van der Waals surface area contributed by atoms with E-state index in [1.165, 1.54) is 0 Å². The van der Waals surface area contributed by atoms with Gasteiger partial charge in [0, 0.05) is 13.0 Å². The normalized spacial score (nSPS) is 10.2. The Morgan fingerprint density at radius 3 is 3.10 bits per heavy atom. The molecule has 3 nitrogen and oxygen atoms in total. The highest BCUT2D eigenvalue weighted by Gasteiger charge is 1.98. The average molecular weight is 161 g/mol. The van der Waals surface area contributed by atoms with Gasteiger partial charge in [0.2, 0.25) is 0 Å². The summed E-state index contributed by atoms with van der Waals surface area (Å²) >= 11 is 5.44. The molecule has 1 aromatic heterocycles. The van der Waals surface area contributed by atoms with E-state index in [4.69, 9.17) is 16.0 Å². The van der Waals surface area contributed by atoms with Crippen molar-refractivity contribution < 1.29 is 4.42 Å². The number of aromatic nitrogens is 1. The lowest BCUT2D eigenvalue weighted by Gasteiger charge is -1.91. The molecule has 0 unspecified atom stereocenters. The van der Waals surface area contributed by atoms with E-state index in [1.54, 1.807) is 6.20 Å². The molecule has 0 aliphatic carbocycles. The highest BCUT2D eigenvalue weighted by molar-refractivity contribution is 6.27. The van der Waals surface area contributed by atoms with Gasteiger partial charge in [0.1, 0.15) is 5.76 Å². The molecule has 0 fully saturated rings. The van der Waals surface area contributed by atoms with E-state index in [2.05, 4.69) is 10.3 Å².